The summed E-state index contributed by atoms with van der Waals surface area (Å²) >= 11 is 6.36. The van der Waals surface area contributed by atoms with Crippen LogP contribution in [0.3, 0.4) is 0 Å². The van der Waals surface area contributed by atoms with Crippen LogP contribution in [0.2, 0.25) is 5.02 Å². The molecule has 0 saturated carbocycles. The fraction of sp³-hybridized carbons (Fsp3) is 0.600. The molecule has 0 unspecified atom stereocenters. The Labute approximate surface area is 119 Å². The molecule has 1 saturated heterocycles. The van der Waals surface area contributed by atoms with Gasteiger partial charge in [-0.2, -0.15) is 0 Å². The van der Waals surface area contributed by atoms with E-state index in [0.717, 1.165) is 49.9 Å². The van der Waals surface area contributed by atoms with Crippen molar-refractivity contribution in [3.8, 4) is 5.75 Å². The average Bonchev–Trinajstić information content (AvgIpc) is 2.65. The first-order valence-corrected chi connectivity index (χ1v) is 7.35. The van der Waals surface area contributed by atoms with Gasteiger partial charge in [-0.1, -0.05) is 17.7 Å². The minimum absolute atomic E-state index is 0.125. The molecular weight excluding hydrogens is 260 g/mol. The number of nitrogens with one attached hydrogen (secondary N) is 1. The summed E-state index contributed by atoms with van der Waals surface area (Å²) in [7, 11) is 0. The van der Waals surface area contributed by atoms with E-state index in [2.05, 4.69) is 36.2 Å². The summed E-state index contributed by atoms with van der Waals surface area (Å²) in [6, 6.07) is 4.32. The van der Waals surface area contributed by atoms with Crippen molar-refractivity contribution in [2.45, 2.75) is 32.4 Å². The number of ether oxygens (including phenoxy) is 1. The van der Waals surface area contributed by atoms with Gasteiger partial charge < -0.3 is 10.1 Å². The van der Waals surface area contributed by atoms with Crippen molar-refractivity contribution in [3.05, 3.63) is 28.3 Å². The van der Waals surface area contributed by atoms with Crippen molar-refractivity contribution in [2.24, 2.45) is 0 Å². The first-order chi connectivity index (χ1) is 9.03. The average molecular weight is 281 g/mol. The Hall–Kier alpha value is -0.770. The minimum atomic E-state index is -0.125. The van der Waals surface area contributed by atoms with Crippen LogP contribution in [-0.4, -0.2) is 36.7 Å². The van der Waals surface area contributed by atoms with Crippen LogP contribution in [0, 0.1) is 0 Å². The lowest BCUT2D eigenvalue weighted by Crippen LogP contribution is -2.42. The van der Waals surface area contributed by atoms with Gasteiger partial charge in [0.25, 0.3) is 0 Å². The Bertz CT molecular complexity index is 481. The molecule has 0 bridgehead atoms. The van der Waals surface area contributed by atoms with Gasteiger partial charge in [-0.15, -0.1) is 0 Å². The molecule has 19 heavy (non-hydrogen) atoms. The third-order valence-corrected chi connectivity index (χ3v) is 4.07. The summed E-state index contributed by atoms with van der Waals surface area (Å²) < 4.78 is 5.91. The fourth-order valence-electron chi connectivity index (χ4n) is 2.95. The van der Waals surface area contributed by atoms with E-state index in [1.807, 2.05) is 0 Å². The van der Waals surface area contributed by atoms with E-state index in [9.17, 15) is 0 Å². The number of hydrogen-bond acceptors (Lipinski definition) is 3. The van der Waals surface area contributed by atoms with Crippen molar-refractivity contribution < 1.29 is 4.74 Å². The molecule has 1 fully saturated rings. The van der Waals surface area contributed by atoms with Gasteiger partial charge in [0.1, 0.15) is 11.4 Å². The second-order valence-electron chi connectivity index (χ2n) is 6.13. The van der Waals surface area contributed by atoms with Crippen molar-refractivity contribution >= 4 is 11.6 Å². The first kappa shape index (κ1) is 13.2. The second-order valence-corrected chi connectivity index (χ2v) is 6.54. The maximum Gasteiger partial charge on any atom is 0.142 e. The molecule has 0 spiro atoms. The largest absolute Gasteiger partial charge is 0.486 e. The topological polar surface area (TPSA) is 24.5 Å². The molecule has 2 heterocycles. The second kappa shape index (κ2) is 4.97. The predicted octanol–water partition coefficient (Wildman–Crippen LogP) is 2.46. The van der Waals surface area contributed by atoms with Gasteiger partial charge in [0.05, 0.1) is 5.02 Å². The lowest BCUT2D eigenvalue weighted by atomic mass is 10.00. The van der Waals surface area contributed by atoms with Crippen molar-refractivity contribution in [1.29, 1.82) is 0 Å². The molecule has 4 heteroatoms. The number of piperazine rings is 1. The molecule has 1 aromatic carbocycles. The number of rotatable bonds is 2. The Kier molecular flexibility index (Phi) is 3.46. The Morgan fingerprint density at radius 2 is 2.05 bits per heavy atom. The Morgan fingerprint density at radius 1 is 1.32 bits per heavy atom. The van der Waals surface area contributed by atoms with Crippen LogP contribution in [0.4, 0.5) is 0 Å². The number of fused-ring (bicyclic) bond motifs is 1. The highest BCUT2D eigenvalue weighted by atomic mass is 35.5. The molecule has 104 valence electrons. The third kappa shape index (κ3) is 2.88. The van der Waals surface area contributed by atoms with Gasteiger partial charge in [-0.3, -0.25) is 4.90 Å². The van der Waals surface area contributed by atoms with Crippen LogP contribution in [0.1, 0.15) is 25.0 Å². The van der Waals surface area contributed by atoms with Gasteiger partial charge >= 0.3 is 0 Å². The summed E-state index contributed by atoms with van der Waals surface area (Å²) in [4.78, 5) is 2.47. The van der Waals surface area contributed by atoms with E-state index in [4.69, 9.17) is 16.3 Å². The normalized spacial score (nSPS) is 22.1. The molecule has 1 N–H and O–H groups in total. The number of halogens is 1. The summed E-state index contributed by atoms with van der Waals surface area (Å²) in [5, 5.41) is 4.13. The van der Waals surface area contributed by atoms with E-state index >= 15 is 0 Å². The minimum Gasteiger partial charge on any atom is -0.486 e. The maximum atomic E-state index is 6.36. The molecule has 1 aromatic rings. The first-order valence-electron chi connectivity index (χ1n) is 6.97. The van der Waals surface area contributed by atoms with Crippen LogP contribution >= 0.6 is 11.6 Å². The van der Waals surface area contributed by atoms with E-state index < -0.39 is 0 Å². The zero-order valence-corrected chi connectivity index (χ0v) is 12.4. The summed E-state index contributed by atoms with van der Waals surface area (Å²) in [5.41, 5.74) is 2.43. The number of benzene rings is 1. The molecule has 0 aliphatic carbocycles. The smallest absolute Gasteiger partial charge is 0.142 e. The lowest BCUT2D eigenvalue weighted by Gasteiger charge is -2.27. The monoisotopic (exact) mass is 280 g/mol. The van der Waals surface area contributed by atoms with E-state index in [-0.39, 0.29) is 5.60 Å². The molecule has 0 atom stereocenters. The highest BCUT2D eigenvalue weighted by Crippen LogP contribution is 2.41. The van der Waals surface area contributed by atoms with Gasteiger partial charge in [0.2, 0.25) is 0 Å². The molecule has 3 nitrogen and oxygen atoms in total. The zero-order valence-electron chi connectivity index (χ0n) is 11.6. The summed E-state index contributed by atoms with van der Waals surface area (Å²) in [6.45, 7) is 9.57. The van der Waals surface area contributed by atoms with Crippen LogP contribution in [0.25, 0.3) is 0 Å². The Balaban J connectivity index is 1.79. The van der Waals surface area contributed by atoms with Crippen molar-refractivity contribution in [1.82, 2.24) is 10.2 Å². The predicted molar refractivity (Wildman–Crippen MR) is 78.0 cm³/mol. The van der Waals surface area contributed by atoms with Gasteiger partial charge in [-0.05, 0) is 31.0 Å². The molecule has 3 rings (SSSR count). The van der Waals surface area contributed by atoms with E-state index in [1.54, 1.807) is 0 Å². The van der Waals surface area contributed by atoms with Gasteiger partial charge in [-0.25, -0.2) is 0 Å². The van der Waals surface area contributed by atoms with Crippen molar-refractivity contribution in [2.75, 3.05) is 26.2 Å². The van der Waals surface area contributed by atoms with Crippen LogP contribution in [0.5, 0.6) is 5.75 Å². The molecular formula is C15H21ClN2O. The van der Waals surface area contributed by atoms with E-state index in [0.29, 0.717) is 0 Å². The Morgan fingerprint density at radius 3 is 2.79 bits per heavy atom. The summed E-state index contributed by atoms with van der Waals surface area (Å²) in [6.07, 6.45) is 0.942. The number of nitrogens with zero attached hydrogens (tertiary/aromatic N) is 1. The van der Waals surface area contributed by atoms with Crippen LogP contribution in [-0.2, 0) is 13.0 Å². The molecule has 0 radical (unpaired) electrons. The highest BCUT2D eigenvalue weighted by molar-refractivity contribution is 6.32. The van der Waals surface area contributed by atoms with E-state index in [1.165, 1.54) is 11.1 Å². The molecule has 0 amide bonds. The quantitative estimate of drug-likeness (QED) is 0.901. The third-order valence-electron chi connectivity index (χ3n) is 3.79. The maximum absolute atomic E-state index is 6.36. The molecule has 2 aliphatic rings. The highest BCUT2D eigenvalue weighted by Gasteiger charge is 2.32. The zero-order chi connectivity index (χ0) is 13.5. The fourth-order valence-corrected chi connectivity index (χ4v) is 3.25. The van der Waals surface area contributed by atoms with Crippen LogP contribution in [0.15, 0.2) is 12.1 Å². The van der Waals surface area contributed by atoms with Crippen LogP contribution < -0.4 is 10.1 Å². The SMILES string of the molecule is CC1(C)Cc2cc(CN3CCNCC3)cc(Cl)c2O1. The van der Waals surface area contributed by atoms with Gasteiger partial charge in [0.15, 0.2) is 0 Å². The van der Waals surface area contributed by atoms with Gasteiger partial charge in [0, 0.05) is 39.1 Å². The molecule has 0 aromatic heterocycles. The van der Waals surface area contributed by atoms with Crippen molar-refractivity contribution in [3.63, 3.8) is 0 Å². The number of hydrogen-bond donors (Lipinski definition) is 1. The lowest BCUT2D eigenvalue weighted by molar-refractivity contribution is 0.138. The standard InChI is InChI=1S/C15H21ClN2O/c1-15(2)9-12-7-11(8-13(16)14(12)19-15)10-18-5-3-17-4-6-18/h7-8,17H,3-6,9-10H2,1-2H3. The summed E-state index contributed by atoms with van der Waals surface area (Å²) in [5.74, 6) is 0.885. The molecule has 2 aliphatic heterocycles.